The molecule has 66 valence electrons. The highest BCUT2D eigenvalue weighted by Crippen LogP contribution is 2.09. The summed E-state index contributed by atoms with van der Waals surface area (Å²) in [7, 11) is 1.31. The molecule has 0 aromatic carbocycles. The van der Waals surface area contributed by atoms with E-state index in [0.717, 1.165) is 0 Å². The molecule has 0 saturated heterocycles. The van der Waals surface area contributed by atoms with Crippen molar-refractivity contribution in [2.75, 3.05) is 7.11 Å². The molecular weight excluding hydrogens is 176 g/mol. The molecule has 2 nitrogen and oxygen atoms in total. The monoisotopic (exact) mass is 186 g/mol. The van der Waals surface area contributed by atoms with Crippen LogP contribution in [-0.4, -0.2) is 18.0 Å². The number of methoxy groups -OCH3 is 1. The average molecular weight is 187 g/mol. The summed E-state index contributed by atoms with van der Waals surface area (Å²) in [6, 6.07) is 0. The standard InChI is InChI=1S/C9H11ClO2/c1-9(2,10)7-5-4-6-8(11)12-3/h4,6H,1-3H3/b6-4+. The first-order chi connectivity index (χ1) is 5.45. The van der Waals surface area contributed by atoms with Crippen molar-refractivity contribution in [2.24, 2.45) is 0 Å². The van der Waals surface area contributed by atoms with E-state index in [-0.39, 0.29) is 0 Å². The number of alkyl halides is 1. The van der Waals surface area contributed by atoms with Crippen molar-refractivity contribution in [3.63, 3.8) is 0 Å². The van der Waals surface area contributed by atoms with Gasteiger partial charge in [-0.05, 0) is 19.9 Å². The molecule has 0 bridgehead atoms. The summed E-state index contributed by atoms with van der Waals surface area (Å²) in [4.78, 5) is 9.97. The fraction of sp³-hybridized carbons (Fsp3) is 0.444. The van der Waals surface area contributed by atoms with Crippen LogP contribution in [0.4, 0.5) is 0 Å². The average Bonchev–Trinajstić information content (AvgIpc) is 1.96. The molecule has 0 N–H and O–H groups in total. The number of carbonyl (C=O) groups excluding carboxylic acids is 1. The van der Waals surface area contributed by atoms with Gasteiger partial charge < -0.3 is 4.74 Å². The quantitative estimate of drug-likeness (QED) is 0.270. The molecule has 0 spiro atoms. The van der Waals surface area contributed by atoms with E-state index in [2.05, 4.69) is 16.6 Å². The minimum Gasteiger partial charge on any atom is -0.466 e. The molecule has 0 aromatic heterocycles. The minimum atomic E-state index is -0.555. The van der Waals surface area contributed by atoms with Crippen LogP contribution in [0.15, 0.2) is 12.2 Å². The van der Waals surface area contributed by atoms with Crippen LogP contribution in [0, 0.1) is 11.8 Å². The number of hydrogen-bond donors (Lipinski definition) is 0. The molecule has 3 heteroatoms. The second-order valence-electron chi connectivity index (χ2n) is 2.60. The molecule has 12 heavy (non-hydrogen) atoms. The second kappa shape index (κ2) is 4.84. The Morgan fingerprint density at radius 3 is 2.58 bits per heavy atom. The van der Waals surface area contributed by atoms with E-state index in [1.165, 1.54) is 19.3 Å². The van der Waals surface area contributed by atoms with E-state index >= 15 is 0 Å². The number of ether oxygens (including phenoxy) is 1. The van der Waals surface area contributed by atoms with Crippen molar-refractivity contribution in [1.29, 1.82) is 0 Å². The third-order valence-electron chi connectivity index (χ3n) is 0.873. The van der Waals surface area contributed by atoms with Crippen molar-refractivity contribution >= 4 is 17.6 Å². The van der Waals surface area contributed by atoms with Gasteiger partial charge in [-0.3, -0.25) is 0 Å². The predicted molar refractivity (Wildman–Crippen MR) is 48.9 cm³/mol. The van der Waals surface area contributed by atoms with E-state index in [1.807, 2.05) is 0 Å². The van der Waals surface area contributed by atoms with E-state index in [9.17, 15) is 4.79 Å². The highest BCUT2D eigenvalue weighted by molar-refractivity contribution is 6.25. The summed E-state index contributed by atoms with van der Waals surface area (Å²) in [5, 5.41) is 0. The Kier molecular flexibility index (Phi) is 4.46. The molecule has 0 aromatic rings. The SMILES string of the molecule is COC(=O)/C=C/C#CC(C)(C)Cl. The Labute approximate surface area is 77.5 Å². The Morgan fingerprint density at radius 1 is 1.58 bits per heavy atom. The predicted octanol–water partition coefficient (Wildman–Crippen LogP) is 1.74. The fourth-order valence-electron chi connectivity index (χ4n) is 0.391. The van der Waals surface area contributed by atoms with Crippen LogP contribution in [0.25, 0.3) is 0 Å². The zero-order chi connectivity index (χ0) is 9.61. The van der Waals surface area contributed by atoms with Crippen molar-refractivity contribution in [3.05, 3.63) is 12.2 Å². The van der Waals surface area contributed by atoms with Crippen LogP contribution in [0.5, 0.6) is 0 Å². The lowest BCUT2D eigenvalue weighted by Gasteiger charge is -2.02. The van der Waals surface area contributed by atoms with Crippen LogP contribution >= 0.6 is 11.6 Å². The zero-order valence-electron chi connectivity index (χ0n) is 7.35. The third-order valence-corrected chi connectivity index (χ3v) is 0.968. The van der Waals surface area contributed by atoms with E-state index in [4.69, 9.17) is 11.6 Å². The van der Waals surface area contributed by atoms with E-state index in [0.29, 0.717) is 0 Å². The molecule has 0 heterocycles. The number of halogens is 1. The Balaban J connectivity index is 4.03. The number of rotatable bonds is 1. The van der Waals surface area contributed by atoms with E-state index in [1.54, 1.807) is 13.8 Å². The molecule has 0 radical (unpaired) electrons. The first-order valence-corrected chi connectivity index (χ1v) is 3.79. The van der Waals surface area contributed by atoms with Gasteiger partial charge in [-0.25, -0.2) is 4.79 Å². The van der Waals surface area contributed by atoms with E-state index < -0.39 is 10.8 Å². The van der Waals surface area contributed by atoms with Gasteiger partial charge in [0.25, 0.3) is 0 Å². The smallest absolute Gasteiger partial charge is 0.331 e. The van der Waals surface area contributed by atoms with Crippen LogP contribution in [0.2, 0.25) is 0 Å². The molecule has 0 rings (SSSR count). The lowest BCUT2D eigenvalue weighted by Crippen LogP contribution is -2.04. The largest absolute Gasteiger partial charge is 0.466 e. The number of allylic oxidation sites excluding steroid dienone is 1. The second-order valence-corrected chi connectivity index (χ2v) is 3.54. The normalized spacial score (nSPS) is 10.7. The summed E-state index contributed by atoms with van der Waals surface area (Å²) in [6.07, 6.45) is 2.66. The summed E-state index contributed by atoms with van der Waals surface area (Å²) in [5.74, 6) is 4.93. The number of carbonyl (C=O) groups is 1. The Bertz CT molecular complexity index is 237. The highest BCUT2D eigenvalue weighted by Gasteiger charge is 2.05. The van der Waals surface area contributed by atoms with Gasteiger partial charge in [0.15, 0.2) is 0 Å². The molecule has 0 unspecified atom stereocenters. The summed E-state index contributed by atoms with van der Waals surface area (Å²) >= 11 is 5.76. The van der Waals surface area contributed by atoms with Crippen molar-refractivity contribution < 1.29 is 9.53 Å². The summed E-state index contributed by atoms with van der Waals surface area (Å²) < 4.78 is 4.36. The maximum atomic E-state index is 10.5. The van der Waals surface area contributed by atoms with Crippen LogP contribution in [0.1, 0.15) is 13.8 Å². The third kappa shape index (κ3) is 7.17. The Hall–Kier alpha value is -0.940. The summed E-state index contributed by atoms with van der Waals surface area (Å²) in [5.41, 5.74) is 0. The van der Waals surface area contributed by atoms with Crippen LogP contribution < -0.4 is 0 Å². The first-order valence-electron chi connectivity index (χ1n) is 3.42. The molecule has 0 atom stereocenters. The zero-order valence-corrected chi connectivity index (χ0v) is 8.11. The molecule has 0 saturated carbocycles. The van der Waals surface area contributed by atoms with Crippen LogP contribution in [0.3, 0.4) is 0 Å². The molecule has 0 aliphatic rings. The van der Waals surface area contributed by atoms with Gasteiger partial charge >= 0.3 is 5.97 Å². The van der Waals surface area contributed by atoms with Gasteiger partial charge in [0.1, 0.15) is 0 Å². The van der Waals surface area contributed by atoms with Gasteiger partial charge in [-0.1, -0.05) is 11.8 Å². The number of esters is 1. The van der Waals surface area contributed by atoms with Gasteiger partial charge in [0.05, 0.1) is 12.0 Å². The van der Waals surface area contributed by atoms with Crippen LogP contribution in [-0.2, 0) is 9.53 Å². The van der Waals surface area contributed by atoms with Gasteiger partial charge in [0.2, 0.25) is 0 Å². The van der Waals surface area contributed by atoms with Crippen molar-refractivity contribution in [2.45, 2.75) is 18.7 Å². The molecular formula is C9H11ClO2. The highest BCUT2D eigenvalue weighted by atomic mass is 35.5. The lowest BCUT2D eigenvalue weighted by atomic mass is 10.2. The molecule has 0 fully saturated rings. The minimum absolute atomic E-state index is 0.420. The molecule has 0 aliphatic heterocycles. The molecule has 0 amide bonds. The van der Waals surface area contributed by atoms with Gasteiger partial charge in [0, 0.05) is 6.08 Å². The maximum absolute atomic E-state index is 10.5. The summed E-state index contributed by atoms with van der Waals surface area (Å²) in [6.45, 7) is 3.54. The lowest BCUT2D eigenvalue weighted by molar-refractivity contribution is -0.134. The van der Waals surface area contributed by atoms with Crippen molar-refractivity contribution in [3.8, 4) is 11.8 Å². The fourth-order valence-corrected chi connectivity index (χ4v) is 0.446. The Morgan fingerprint density at radius 2 is 2.17 bits per heavy atom. The molecule has 0 aliphatic carbocycles. The van der Waals surface area contributed by atoms with Gasteiger partial charge in [-0.15, -0.1) is 11.6 Å². The van der Waals surface area contributed by atoms with Crippen molar-refractivity contribution in [1.82, 2.24) is 0 Å². The number of hydrogen-bond acceptors (Lipinski definition) is 2. The topological polar surface area (TPSA) is 26.3 Å². The van der Waals surface area contributed by atoms with Gasteiger partial charge in [-0.2, -0.15) is 0 Å². The maximum Gasteiger partial charge on any atom is 0.331 e. The first kappa shape index (κ1) is 11.1.